The van der Waals surface area contributed by atoms with Gasteiger partial charge in [-0.25, -0.2) is 0 Å². The van der Waals surface area contributed by atoms with Gasteiger partial charge >= 0.3 is 11.9 Å². The van der Waals surface area contributed by atoms with E-state index < -0.39 is 23.8 Å². The first-order valence-corrected chi connectivity index (χ1v) is 10.9. The number of carboxylic acids is 2. The second kappa shape index (κ2) is 15.2. The molecular formula is C21H41N2O6+. The van der Waals surface area contributed by atoms with Gasteiger partial charge in [-0.2, -0.15) is 0 Å². The van der Waals surface area contributed by atoms with Crippen molar-refractivity contribution in [2.24, 2.45) is 11.8 Å². The van der Waals surface area contributed by atoms with Crippen molar-refractivity contribution in [2.75, 3.05) is 39.3 Å². The van der Waals surface area contributed by atoms with E-state index in [2.05, 4.69) is 12.2 Å². The molecule has 0 saturated heterocycles. The second-order valence-electron chi connectivity index (χ2n) is 8.18. The van der Waals surface area contributed by atoms with Crippen LogP contribution in [0.25, 0.3) is 0 Å². The maximum absolute atomic E-state index is 12.0. The van der Waals surface area contributed by atoms with Crippen molar-refractivity contribution in [3.8, 4) is 0 Å². The highest BCUT2D eigenvalue weighted by Crippen LogP contribution is 2.16. The van der Waals surface area contributed by atoms with Crippen LogP contribution in [0.4, 0.5) is 0 Å². The summed E-state index contributed by atoms with van der Waals surface area (Å²) in [6.45, 7) is 7.75. The minimum atomic E-state index is -0.869. The van der Waals surface area contributed by atoms with E-state index in [1.807, 2.05) is 0 Å². The molecule has 170 valence electrons. The van der Waals surface area contributed by atoms with Gasteiger partial charge in [0.1, 0.15) is 6.54 Å². The van der Waals surface area contributed by atoms with Gasteiger partial charge in [0.15, 0.2) is 0 Å². The second-order valence-corrected chi connectivity index (χ2v) is 8.18. The Morgan fingerprint density at radius 3 is 1.86 bits per heavy atom. The molecule has 0 aliphatic rings. The van der Waals surface area contributed by atoms with Crippen LogP contribution in [0.2, 0.25) is 0 Å². The maximum Gasteiger partial charge on any atom is 0.306 e. The van der Waals surface area contributed by atoms with Crippen LogP contribution >= 0.6 is 0 Å². The third-order valence-corrected chi connectivity index (χ3v) is 5.66. The molecule has 8 heteroatoms. The van der Waals surface area contributed by atoms with Crippen LogP contribution in [0.1, 0.15) is 65.7 Å². The summed E-state index contributed by atoms with van der Waals surface area (Å²) in [5.74, 6) is -2.77. The van der Waals surface area contributed by atoms with Crippen molar-refractivity contribution in [3.63, 3.8) is 0 Å². The number of carbonyl (C=O) groups is 3. The highest BCUT2D eigenvalue weighted by atomic mass is 16.4. The Morgan fingerprint density at radius 1 is 0.862 bits per heavy atom. The monoisotopic (exact) mass is 417 g/mol. The Hall–Kier alpha value is -1.67. The highest BCUT2D eigenvalue weighted by Gasteiger charge is 2.30. The molecule has 2 atom stereocenters. The summed E-state index contributed by atoms with van der Waals surface area (Å²) in [5, 5.41) is 30.9. The number of nitrogens with one attached hydrogen (secondary N) is 1. The van der Waals surface area contributed by atoms with Gasteiger partial charge in [-0.05, 0) is 6.42 Å². The molecule has 0 spiro atoms. The largest absolute Gasteiger partial charge is 0.481 e. The Kier molecular flexibility index (Phi) is 14.3. The molecule has 0 aliphatic heterocycles. The van der Waals surface area contributed by atoms with Gasteiger partial charge in [0.25, 0.3) is 0 Å². The van der Waals surface area contributed by atoms with E-state index in [-0.39, 0.29) is 12.5 Å². The first-order chi connectivity index (χ1) is 13.7. The van der Waals surface area contributed by atoms with Crippen LogP contribution in [0.5, 0.6) is 0 Å². The number of amides is 1. The SMILES string of the molecule is CCCCCCC(=O)NCC[N+](CCO)(CCC(C)C(=O)O)CCC(C)C(=O)O. The minimum Gasteiger partial charge on any atom is -0.481 e. The number of unbranched alkanes of at least 4 members (excludes halogenated alkanes) is 3. The molecule has 1 amide bonds. The quantitative estimate of drug-likeness (QED) is 0.200. The number of carbonyl (C=O) groups excluding carboxylic acids is 1. The Labute approximate surface area is 174 Å². The molecule has 0 radical (unpaired) electrons. The first-order valence-electron chi connectivity index (χ1n) is 10.9. The molecule has 0 heterocycles. The van der Waals surface area contributed by atoms with E-state index in [0.29, 0.717) is 56.5 Å². The van der Waals surface area contributed by atoms with Gasteiger partial charge in [0, 0.05) is 19.3 Å². The van der Waals surface area contributed by atoms with Crippen molar-refractivity contribution < 1.29 is 34.2 Å². The van der Waals surface area contributed by atoms with E-state index in [0.717, 1.165) is 25.7 Å². The fourth-order valence-corrected chi connectivity index (χ4v) is 3.30. The van der Waals surface area contributed by atoms with Crippen molar-refractivity contribution in [3.05, 3.63) is 0 Å². The molecule has 0 bridgehead atoms. The standard InChI is InChI=1S/C21H40N2O6/c1-4-5-6-7-8-19(25)22-11-14-23(15-16-24,12-9-17(2)20(26)27)13-10-18(3)21(28)29/h17-18,24H,4-16H2,1-3H3,(H2-,22,25,26,27,28,29)/p+1. The summed E-state index contributed by atoms with van der Waals surface area (Å²) in [5.41, 5.74) is 0. The molecule has 0 saturated carbocycles. The van der Waals surface area contributed by atoms with Crippen LogP contribution in [0.3, 0.4) is 0 Å². The van der Waals surface area contributed by atoms with Crippen LogP contribution in [0.15, 0.2) is 0 Å². The van der Waals surface area contributed by atoms with E-state index in [9.17, 15) is 29.7 Å². The van der Waals surface area contributed by atoms with Crippen LogP contribution in [-0.2, 0) is 14.4 Å². The lowest BCUT2D eigenvalue weighted by molar-refractivity contribution is -0.928. The summed E-state index contributed by atoms with van der Waals surface area (Å²) in [6, 6.07) is 0. The molecule has 29 heavy (non-hydrogen) atoms. The van der Waals surface area contributed by atoms with E-state index in [4.69, 9.17) is 0 Å². The predicted molar refractivity (Wildman–Crippen MR) is 111 cm³/mol. The lowest BCUT2D eigenvalue weighted by Crippen LogP contribution is -2.55. The number of nitrogens with zero attached hydrogens (tertiary/aromatic N) is 1. The van der Waals surface area contributed by atoms with Gasteiger partial charge in [0.05, 0.1) is 44.6 Å². The normalized spacial score (nSPS) is 15.3. The third-order valence-electron chi connectivity index (χ3n) is 5.66. The Morgan fingerprint density at radius 2 is 1.41 bits per heavy atom. The number of aliphatic hydroxyl groups excluding tert-OH is 1. The lowest BCUT2D eigenvalue weighted by atomic mass is 10.0. The number of aliphatic carboxylic acids is 2. The molecule has 0 aromatic carbocycles. The number of rotatable bonds is 18. The van der Waals surface area contributed by atoms with Crippen LogP contribution in [0, 0.1) is 11.8 Å². The summed E-state index contributed by atoms with van der Waals surface area (Å²) in [6.07, 6.45) is 5.49. The summed E-state index contributed by atoms with van der Waals surface area (Å²) in [4.78, 5) is 34.4. The lowest BCUT2D eigenvalue weighted by Gasteiger charge is -2.39. The zero-order chi connectivity index (χ0) is 22.3. The molecule has 0 rings (SSSR count). The highest BCUT2D eigenvalue weighted by molar-refractivity contribution is 5.75. The smallest absolute Gasteiger partial charge is 0.306 e. The van der Waals surface area contributed by atoms with Crippen molar-refractivity contribution >= 4 is 17.8 Å². The maximum atomic E-state index is 12.0. The van der Waals surface area contributed by atoms with Gasteiger partial charge in [-0.15, -0.1) is 0 Å². The summed E-state index contributed by atoms with van der Waals surface area (Å²) >= 11 is 0. The van der Waals surface area contributed by atoms with E-state index in [1.165, 1.54) is 0 Å². The predicted octanol–water partition coefficient (Wildman–Crippen LogP) is 2.10. The Balaban J connectivity index is 4.89. The first kappa shape index (κ1) is 27.3. The minimum absolute atomic E-state index is 0.000935. The third kappa shape index (κ3) is 12.5. The molecule has 0 fully saturated rings. The van der Waals surface area contributed by atoms with Crippen LogP contribution < -0.4 is 5.32 Å². The number of hydrogen-bond donors (Lipinski definition) is 4. The Bertz CT molecular complexity index is 474. The average molecular weight is 418 g/mol. The number of carboxylic acid groups (broad SMARTS) is 2. The van der Waals surface area contributed by atoms with Gasteiger partial charge < -0.3 is 25.1 Å². The fourth-order valence-electron chi connectivity index (χ4n) is 3.30. The fraction of sp³-hybridized carbons (Fsp3) is 0.857. The molecular weight excluding hydrogens is 376 g/mol. The molecule has 4 N–H and O–H groups in total. The number of aliphatic hydroxyl groups is 1. The molecule has 0 aliphatic carbocycles. The van der Waals surface area contributed by atoms with Crippen molar-refractivity contribution in [1.82, 2.24) is 5.32 Å². The van der Waals surface area contributed by atoms with Crippen molar-refractivity contribution in [1.29, 1.82) is 0 Å². The molecule has 0 aromatic rings. The molecule has 2 unspecified atom stereocenters. The molecule has 0 aromatic heterocycles. The van der Waals surface area contributed by atoms with Crippen molar-refractivity contribution in [2.45, 2.75) is 65.7 Å². The number of quaternary nitrogens is 1. The zero-order valence-electron chi connectivity index (χ0n) is 18.4. The van der Waals surface area contributed by atoms with Gasteiger partial charge in [-0.1, -0.05) is 40.0 Å². The molecule has 8 nitrogen and oxygen atoms in total. The van der Waals surface area contributed by atoms with Crippen LogP contribution in [-0.4, -0.2) is 77.0 Å². The summed E-state index contributed by atoms with van der Waals surface area (Å²) < 4.78 is 0.405. The van der Waals surface area contributed by atoms with E-state index in [1.54, 1.807) is 13.8 Å². The summed E-state index contributed by atoms with van der Waals surface area (Å²) in [7, 11) is 0. The topological polar surface area (TPSA) is 124 Å². The van der Waals surface area contributed by atoms with Gasteiger partial charge in [-0.3, -0.25) is 14.4 Å². The van der Waals surface area contributed by atoms with Gasteiger partial charge in [0.2, 0.25) is 5.91 Å². The van der Waals surface area contributed by atoms with E-state index >= 15 is 0 Å². The average Bonchev–Trinajstić information content (AvgIpc) is 2.67. The zero-order valence-corrected chi connectivity index (χ0v) is 18.4. The number of hydrogen-bond acceptors (Lipinski definition) is 4.